The third kappa shape index (κ3) is 4.32. The molecule has 2 N–H and O–H groups in total. The van der Waals surface area contributed by atoms with Crippen molar-refractivity contribution in [2.75, 3.05) is 20.3 Å². The summed E-state index contributed by atoms with van der Waals surface area (Å²) in [6.45, 7) is 6.54. The zero-order valence-corrected chi connectivity index (χ0v) is 17.3. The molecule has 3 rings (SSSR count). The highest BCUT2D eigenvalue weighted by Crippen LogP contribution is 2.29. The summed E-state index contributed by atoms with van der Waals surface area (Å²) in [4.78, 5) is 25.0. The van der Waals surface area contributed by atoms with Gasteiger partial charge in [-0.2, -0.15) is 0 Å². The number of furan rings is 1. The zero-order chi connectivity index (χ0) is 21.7. The number of ether oxygens (including phenoxy) is 3. The lowest BCUT2D eigenvalue weighted by Gasteiger charge is -2.11. The average molecular weight is 412 g/mol. The van der Waals surface area contributed by atoms with Gasteiger partial charge in [-0.1, -0.05) is 0 Å². The first kappa shape index (κ1) is 21.0. The van der Waals surface area contributed by atoms with Crippen LogP contribution >= 0.6 is 0 Å². The van der Waals surface area contributed by atoms with Crippen molar-refractivity contribution in [2.24, 2.45) is 0 Å². The van der Waals surface area contributed by atoms with Crippen LogP contribution in [-0.4, -0.2) is 32.1 Å². The molecule has 2 amide bonds. The number of methoxy groups -OCH3 is 1. The fourth-order valence-corrected chi connectivity index (χ4v) is 3.00. The van der Waals surface area contributed by atoms with Crippen LogP contribution in [0.3, 0.4) is 0 Å². The van der Waals surface area contributed by atoms with Crippen molar-refractivity contribution in [2.45, 2.75) is 20.8 Å². The van der Waals surface area contributed by atoms with Crippen LogP contribution in [0.1, 0.15) is 40.3 Å². The summed E-state index contributed by atoms with van der Waals surface area (Å²) in [5.74, 6) is 0.700. The van der Waals surface area contributed by atoms with E-state index < -0.39 is 11.8 Å². The number of hydrazine groups is 1. The molecule has 1 aromatic heterocycles. The Morgan fingerprint density at radius 3 is 2.37 bits per heavy atom. The molecular formula is C22H24N2O6. The number of nitrogens with one attached hydrogen (secondary N) is 2. The summed E-state index contributed by atoms with van der Waals surface area (Å²) < 4.78 is 21.8. The van der Waals surface area contributed by atoms with E-state index in [9.17, 15) is 9.59 Å². The van der Waals surface area contributed by atoms with Crippen LogP contribution in [-0.2, 0) is 0 Å². The summed E-state index contributed by atoms with van der Waals surface area (Å²) in [7, 11) is 1.49. The van der Waals surface area contributed by atoms with Crippen molar-refractivity contribution in [3.05, 3.63) is 53.3 Å². The molecule has 2 aromatic carbocycles. The van der Waals surface area contributed by atoms with Gasteiger partial charge in [-0.15, -0.1) is 0 Å². The highest BCUT2D eigenvalue weighted by atomic mass is 16.5. The van der Waals surface area contributed by atoms with Gasteiger partial charge in [-0.3, -0.25) is 20.4 Å². The number of benzene rings is 2. The molecular weight excluding hydrogens is 388 g/mol. The maximum atomic E-state index is 12.5. The highest BCUT2D eigenvalue weighted by Gasteiger charge is 2.19. The Labute approximate surface area is 174 Å². The normalized spacial score (nSPS) is 10.5. The van der Waals surface area contributed by atoms with Crippen molar-refractivity contribution in [3.8, 4) is 17.2 Å². The van der Waals surface area contributed by atoms with E-state index in [0.717, 1.165) is 5.39 Å². The summed E-state index contributed by atoms with van der Waals surface area (Å²) in [6.07, 6.45) is 0. The minimum absolute atomic E-state index is 0.114. The number of hydrogen-bond acceptors (Lipinski definition) is 6. The number of hydrogen-bond donors (Lipinski definition) is 2. The average Bonchev–Trinajstić information content (AvgIpc) is 3.08. The topological polar surface area (TPSA) is 99.0 Å². The zero-order valence-electron chi connectivity index (χ0n) is 17.3. The molecule has 158 valence electrons. The predicted octanol–water partition coefficient (Wildman–Crippen LogP) is 3.62. The van der Waals surface area contributed by atoms with Crippen LogP contribution in [0.4, 0.5) is 0 Å². The molecule has 0 atom stereocenters. The Bertz CT molecular complexity index is 1070. The Kier molecular flexibility index (Phi) is 6.46. The molecule has 0 saturated heterocycles. The Morgan fingerprint density at radius 1 is 0.933 bits per heavy atom. The first-order valence-corrected chi connectivity index (χ1v) is 9.55. The minimum Gasteiger partial charge on any atom is -0.494 e. The number of aryl methyl sites for hydroxylation is 1. The van der Waals surface area contributed by atoms with Gasteiger partial charge in [0.05, 0.1) is 20.3 Å². The summed E-state index contributed by atoms with van der Waals surface area (Å²) in [5.41, 5.74) is 6.28. The standard InChI is InChI=1S/C22H24N2O6/c1-5-28-15-8-10-17-16(12-15)13(3)20(30-17)22(26)24-23-21(25)14-7-9-18(29-6-2)19(11-14)27-4/h7-12H,5-6H2,1-4H3,(H,23,25)(H,24,26). The fraction of sp³-hybridized carbons (Fsp3) is 0.273. The second-order valence-electron chi connectivity index (χ2n) is 6.35. The van der Waals surface area contributed by atoms with Crippen LogP contribution in [0.15, 0.2) is 40.8 Å². The molecule has 0 radical (unpaired) electrons. The molecule has 8 nitrogen and oxygen atoms in total. The van der Waals surface area contributed by atoms with Gasteiger partial charge in [0.2, 0.25) is 0 Å². The Balaban J connectivity index is 1.72. The van der Waals surface area contributed by atoms with Gasteiger partial charge in [0.25, 0.3) is 5.91 Å². The van der Waals surface area contributed by atoms with E-state index in [1.807, 2.05) is 19.9 Å². The number of carbonyl (C=O) groups is 2. The van der Waals surface area contributed by atoms with Crippen molar-refractivity contribution < 1.29 is 28.2 Å². The van der Waals surface area contributed by atoms with Gasteiger partial charge >= 0.3 is 5.91 Å². The lowest BCUT2D eigenvalue weighted by Crippen LogP contribution is -2.41. The fourth-order valence-electron chi connectivity index (χ4n) is 3.00. The number of rotatable bonds is 7. The van der Waals surface area contributed by atoms with Gasteiger partial charge < -0.3 is 18.6 Å². The SMILES string of the molecule is CCOc1ccc2oc(C(=O)NNC(=O)c3ccc(OCC)c(OC)c3)c(C)c2c1. The third-order valence-electron chi connectivity index (χ3n) is 4.44. The second-order valence-corrected chi connectivity index (χ2v) is 6.35. The molecule has 0 bridgehead atoms. The van der Waals surface area contributed by atoms with Crippen molar-refractivity contribution >= 4 is 22.8 Å². The maximum Gasteiger partial charge on any atom is 0.305 e. The first-order chi connectivity index (χ1) is 14.5. The molecule has 0 saturated carbocycles. The van der Waals surface area contributed by atoms with Crippen LogP contribution in [0, 0.1) is 6.92 Å². The molecule has 1 heterocycles. The molecule has 0 aliphatic rings. The second kappa shape index (κ2) is 9.21. The molecule has 0 aliphatic carbocycles. The lowest BCUT2D eigenvalue weighted by molar-refractivity contribution is 0.0831. The van der Waals surface area contributed by atoms with Crippen LogP contribution < -0.4 is 25.1 Å². The van der Waals surface area contributed by atoms with E-state index in [1.54, 1.807) is 31.2 Å². The highest BCUT2D eigenvalue weighted by molar-refractivity contribution is 6.01. The summed E-state index contributed by atoms with van der Waals surface area (Å²) in [6, 6.07) is 10.1. The quantitative estimate of drug-likeness (QED) is 0.575. The number of fused-ring (bicyclic) bond motifs is 1. The van der Waals surface area contributed by atoms with Gasteiger partial charge in [0.15, 0.2) is 17.3 Å². The van der Waals surface area contributed by atoms with Gasteiger partial charge in [-0.25, -0.2) is 0 Å². The van der Waals surface area contributed by atoms with Gasteiger partial charge in [0.1, 0.15) is 11.3 Å². The largest absolute Gasteiger partial charge is 0.494 e. The monoisotopic (exact) mass is 412 g/mol. The van der Waals surface area contributed by atoms with E-state index in [-0.39, 0.29) is 5.76 Å². The molecule has 3 aromatic rings. The molecule has 0 unspecified atom stereocenters. The van der Waals surface area contributed by atoms with E-state index in [1.165, 1.54) is 13.2 Å². The van der Waals surface area contributed by atoms with Crippen LogP contribution in [0.5, 0.6) is 17.2 Å². The van der Waals surface area contributed by atoms with Gasteiger partial charge in [-0.05, 0) is 57.2 Å². The molecule has 0 aliphatic heterocycles. The maximum absolute atomic E-state index is 12.5. The van der Waals surface area contributed by atoms with Crippen molar-refractivity contribution in [3.63, 3.8) is 0 Å². The van der Waals surface area contributed by atoms with E-state index >= 15 is 0 Å². The third-order valence-corrected chi connectivity index (χ3v) is 4.44. The Morgan fingerprint density at radius 2 is 1.67 bits per heavy atom. The minimum atomic E-state index is -0.562. The lowest BCUT2D eigenvalue weighted by atomic mass is 10.1. The summed E-state index contributed by atoms with van der Waals surface area (Å²) >= 11 is 0. The van der Waals surface area contributed by atoms with E-state index in [2.05, 4.69) is 10.9 Å². The molecule has 30 heavy (non-hydrogen) atoms. The molecule has 8 heteroatoms. The van der Waals surface area contributed by atoms with Crippen LogP contribution in [0.25, 0.3) is 11.0 Å². The van der Waals surface area contributed by atoms with Crippen molar-refractivity contribution in [1.82, 2.24) is 10.9 Å². The smallest absolute Gasteiger partial charge is 0.305 e. The Hall–Kier alpha value is -3.68. The number of amides is 2. The van der Waals surface area contributed by atoms with Crippen LogP contribution in [0.2, 0.25) is 0 Å². The van der Waals surface area contributed by atoms with E-state index in [4.69, 9.17) is 18.6 Å². The summed E-state index contributed by atoms with van der Waals surface area (Å²) in [5, 5.41) is 0.772. The van der Waals surface area contributed by atoms with Gasteiger partial charge in [0, 0.05) is 16.5 Å². The first-order valence-electron chi connectivity index (χ1n) is 9.55. The van der Waals surface area contributed by atoms with Crippen molar-refractivity contribution in [1.29, 1.82) is 0 Å². The predicted molar refractivity (Wildman–Crippen MR) is 111 cm³/mol. The molecule has 0 fully saturated rings. The van der Waals surface area contributed by atoms with E-state index in [0.29, 0.717) is 47.2 Å². The number of carbonyl (C=O) groups excluding carboxylic acids is 2. The molecule has 0 spiro atoms.